The highest BCUT2D eigenvalue weighted by Gasteiger charge is 2.30. The first-order valence-electron chi connectivity index (χ1n) is 7.16. The summed E-state index contributed by atoms with van der Waals surface area (Å²) < 4.78 is 0. The lowest BCUT2D eigenvalue weighted by Crippen LogP contribution is -2.48. The molecule has 0 spiro atoms. The van der Waals surface area contributed by atoms with Crippen LogP contribution < -0.4 is 5.32 Å². The monoisotopic (exact) mass is 256 g/mol. The number of hydrogen-bond donors (Lipinski definition) is 2. The van der Waals surface area contributed by atoms with Crippen molar-refractivity contribution in [1.82, 2.24) is 10.2 Å². The predicted molar refractivity (Wildman–Crippen MR) is 73.8 cm³/mol. The van der Waals surface area contributed by atoms with Crippen molar-refractivity contribution in [3.05, 3.63) is 0 Å². The molecule has 0 aromatic heterocycles. The van der Waals surface area contributed by atoms with Gasteiger partial charge in [-0.15, -0.1) is 0 Å². The van der Waals surface area contributed by atoms with Crippen LogP contribution in [0.3, 0.4) is 0 Å². The fourth-order valence-corrected chi connectivity index (χ4v) is 2.41. The van der Waals surface area contributed by atoms with Crippen molar-refractivity contribution < 1.29 is 9.90 Å². The summed E-state index contributed by atoms with van der Waals surface area (Å²) in [6, 6.07) is 0. The van der Waals surface area contributed by atoms with Gasteiger partial charge < -0.3 is 15.3 Å². The van der Waals surface area contributed by atoms with Crippen LogP contribution >= 0.6 is 0 Å². The first-order valence-corrected chi connectivity index (χ1v) is 7.16. The third-order valence-electron chi connectivity index (χ3n) is 4.36. The van der Waals surface area contributed by atoms with Gasteiger partial charge in [-0.2, -0.15) is 0 Å². The Morgan fingerprint density at radius 2 is 2.17 bits per heavy atom. The number of carboxylic acid groups (broad SMARTS) is 1. The third-order valence-corrected chi connectivity index (χ3v) is 4.36. The summed E-state index contributed by atoms with van der Waals surface area (Å²) in [5, 5.41) is 12.1. The van der Waals surface area contributed by atoms with Crippen LogP contribution in [0, 0.1) is 5.92 Å². The van der Waals surface area contributed by atoms with E-state index >= 15 is 0 Å². The van der Waals surface area contributed by atoms with Crippen molar-refractivity contribution in [3.63, 3.8) is 0 Å². The van der Waals surface area contributed by atoms with Gasteiger partial charge in [0.15, 0.2) is 0 Å². The van der Waals surface area contributed by atoms with Crippen LogP contribution in [-0.2, 0) is 4.79 Å². The van der Waals surface area contributed by atoms with Gasteiger partial charge in [0.05, 0.1) is 0 Å². The van der Waals surface area contributed by atoms with Gasteiger partial charge in [-0.25, -0.2) is 0 Å². The van der Waals surface area contributed by atoms with Crippen LogP contribution in [0.25, 0.3) is 0 Å². The maximum Gasteiger partial charge on any atom is 0.323 e. The Morgan fingerprint density at radius 3 is 2.56 bits per heavy atom. The lowest BCUT2D eigenvalue weighted by atomic mass is 9.85. The van der Waals surface area contributed by atoms with E-state index in [1.807, 2.05) is 0 Å². The fraction of sp³-hybridized carbons (Fsp3) is 0.929. The molecule has 0 radical (unpaired) electrons. The van der Waals surface area contributed by atoms with Crippen LogP contribution in [-0.4, -0.2) is 48.2 Å². The average Bonchev–Trinajstić information content (AvgIpc) is 2.30. The van der Waals surface area contributed by atoms with Gasteiger partial charge in [0.25, 0.3) is 0 Å². The van der Waals surface area contributed by atoms with Crippen LogP contribution in [0.2, 0.25) is 0 Å². The molecule has 2 N–H and O–H groups in total. The molecule has 1 unspecified atom stereocenters. The molecular weight excluding hydrogens is 228 g/mol. The summed E-state index contributed by atoms with van der Waals surface area (Å²) in [5.74, 6) is 0.132. The minimum Gasteiger partial charge on any atom is -0.480 e. The maximum atomic E-state index is 11.2. The second-order valence-electron chi connectivity index (χ2n) is 5.68. The largest absolute Gasteiger partial charge is 0.480 e. The highest BCUT2D eigenvalue weighted by atomic mass is 16.4. The SMILES string of the molecule is CCN(CCCC(C)(NC)C(=O)O)CC1CCC1. The van der Waals surface area contributed by atoms with Gasteiger partial charge in [0, 0.05) is 6.54 Å². The molecule has 0 amide bonds. The van der Waals surface area contributed by atoms with Crippen LogP contribution in [0.4, 0.5) is 0 Å². The van der Waals surface area contributed by atoms with E-state index in [4.69, 9.17) is 0 Å². The lowest BCUT2D eigenvalue weighted by molar-refractivity contribution is -0.144. The van der Waals surface area contributed by atoms with Crippen molar-refractivity contribution >= 4 is 5.97 Å². The van der Waals surface area contributed by atoms with Crippen LogP contribution in [0.5, 0.6) is 0 Å². The van der Waals surface area contributed by atoms with Crippen molar-refractivity contribution in [2.75, 3.05) is 26.7 Å². The molecule has 0 aromatic carbocycles. The van der Waals surface area contributed by atoms with Gasteiger partial charge in [-0.05, 0) is 58.7 Å². The van der Waals surface area contributed by atoms with Crippen molar-refractivity contribution in [2.45, 2.75) is 51.5 Å². The first-order chi connectivity index (χ1) is 8.51. The van der Waals surface area contributed by atoms with Crippen LogP contribution in [0.15, 0.2) is 0 Å². The maximum absolute atomic E-state index is 11.2. The number of nitrogens with one attached hydrogen (secondary N) is 1. The van der Waals surface area contributed by atoms with Crippen molar-refractivity contribution in [1.29, 1.82) is 0 Å². The molecule has 4 nitrogen and oxygen atoms in total. The minimum atomic E-state index is -0.782. The predicted octanol–water partition coefficient (Wildman–Crippen LogP) is 1.95. The first kappa shape index (κ1) is 15.4. The average molecular weight is 256 g/mol. The van der Waals surface area contributed by atoms with Gasteiger partial charge in [0.1, 0.15) is 5.54 Å². The Labute approximate surface area is 111 Å². The zero-order valence-electron chi connectivity index (χ0n) is 12.0. The Hall–Kier alpha value is -0.610. The number of likely N-dealkylation sites (N-methyl/N-ethyl adjacent to an activating group) is 1. The van der Waals surface area contributed by atoms with Crippen molar-refractivity contribution in [2.24, 2.45) is 5.92 Å². The Kier molecular flexibility index (Phi) is 6.09. The fourth-order valence-electron chi connectivity index (χ4n) is 2.41. The lowest BCUT2D eigenvalue weighted by Gasteiger charge is -2.32. The van der Waals surface area contributed by atoms with E-state index in [0.717, 1.165) is 25.4 Å². The molecule has 4 heteroatoms. The highest BCUT2D eigenvalue weighted by Crippen LogP contribution is 2.27. The molecular formula is C14H28N2O2. The molecule has 1 atom stereocenters. The number of aliphatic carboxylic acids is 1. The summed E-state index contributed by atoms with van der Waals surface area (Å²) in [4.78, 5) is 13.6. The molecule has 1 aliphatic carbocycles. The smallest absolute Gasteiger partial charge is 0.323 e. The molecule has 1 aliphatic rings. The number of nitrogens with zero attached hydrogens (tertiary/aromatic N) is 1. The summed E-state index contributed by atoms with van der Waals surface area (Å²) >= 11 is 0. The summed E-state index contributed by atoms with van der Waals surface area (Å²) in [6.45, 7) is 7.22. The zero-order chi connectivity index (χ0) is 13.6. The highest BCUT2D eigenvalue weighted by molar-refractivity contribution is 5.78. The molecule has 1 saturated carbocycles. The number of rotatable bonds is 9. The second-order valence-corrected chi connectivity index (χ2v) is 5.68. The van der Waals surface area contributed by atoms with E-state index < -0.39 is 11.5 Å². The molecule has 0 heterocycles. The quantitative estimate of drug-likeness (QED) is 0.662. The van der Waals surface area contributed by atoms with Gasteiger partial charge in [-0.3, -0.25) is 4.79 Å². The van der Waals surface area contributed by atoms with E-state index in [-0.39, 0.29) is 0 Å². The molecule has 1 rings (SSSR count). The molecule has 1 fully saturated rings. The normalized spacial score (nSPS) is 19.6. The van der Waals surface area contributed by atoms with Crippen LogP contribution in [0.1, 0.15) is 46.0 Å². The topological polar surface area (TPSA) is 52.6 Å². The number of carbonyl (C=O) groups is 1. The van der Waals surface area contributed by atoms with Crippen molar-refractivity contribution in [3.8, 4) is 0 Å². The number of hydrogen-bond acceptors (Lipinski definition) is 3. The Bertz CT molecular complexity index is 267. The Balaban J connectivity index is 2.27. The van der Waals surface area contributed by atoms with E-state index in [2.05, 4.69) is 17.1 Å². The summed E-state index contributed by atoms with van der Waals surface area (Å²) in [6.07, 6.45) is 5.75. The molecule has 0 aromatic rings. The summed E-state index contributed by atoms with van der Waals surface area (Å²) in [7, 11) is 1.72. The van der Waals surface area contributed by atoms with E-state index in [1.165, 1.54) is 25.8 Å². The van der Waals surface area contributed by atoms with E-state index in [1.54, 1.807) is 14.0 Å². The van der Waals surface area contributed by atoms with Gasteiger partial charge >= 0.3 is 5.97 Å². The molecule has 0 aliphatic heterocycles. The molecule has 18 heavy (non-hydrogen) atoms. The summed E-state index contributed by atoms with van der Waals surface area (Å²) in [5.41, 5.74) is -0.782. The van der Waals surface area contributed by atoms with E-state index in [0.29, 0.717) is 6.42 Å². The molecule has 0 bridgehead atoms. The number of carboxylic acids is 1. The van der Waals surface area contributed by atoms with Gasteiger partial charge in [0.2, 0.25) is 0 Å². The minimum absolute atomic E-state index is 0.681. The van der Waals surface area contributed by atoms with Gasteiger partial charge in [-0.1, -0.05) is 13.3 Å². The zero-order valence-corrected chi connectivity index (χ0v) is 12.0. The third kappa shape index (κ3) is 4.25. The van der Waals surface area contributed by atoms with E-state index in [9.17, 15) is 9.90 Å². The Morgan fingerprint density at radius 1 is 1.50 bits per heavy atom. The standard InChI is InChI=1S/C14H28N2O2/c1-4-16(11-12-7-5-8-12)10-6-9-14(2,15-3)13(17)18/h12,15H,4-11H2,1-3H3,(H,17,18). The molecule has 0 saturated heterocycles. The molecule has 106 valence electrons. The second kappa shape index (κ2) is 7.10.